The van der Waals surface area contributed by atoms with Crippen LogP contribution in [0.4, 0.5) is 5.69 Å². The molecule has 0 aliphatic heterocycles. The number of aryl methyl sites for hydroxylation is 1. The van der Waals surface area contributed by atoms with Gasteiger partial charge in [0, 0.05) is 19.3 Å². The van der Waals surface area contributed by atoms with Crippen LogP contribution in [0.2, 0.25) is 0 Å². The molecule has 0 bridgehead atoms. The van der Waals surface area contributed by atoms with Crippen molar-refractivity contribution in [3.63, 3.8) is 0 Å². The van der Waals surface area contributed by atoms with E-state index in [-0.39, 0.29) is 5.91 Å². The SMILES string of the molecule is CNc1cc(C)ccc1C(=O)NCCCC(C)C. The van der Waals surface area contributed by atoms with Crippen LogP contribution >= 0.6 is 0 Å². The second-order valence-electron chi connectivity index (χ2n) is 5.09. The van der Waals surface area contributed by atoms with Crippen molar-refractivity contribution in [1.82, 2.24) is 5.32 Å². The predicted octanol–water partition coefficient (Wildman–Crippen LogP) is 3.20. The van der Waals surface area contributed by atoms with Gasteiger partial charge in [0.1, 0.15) is 0 Å². The van der Waals surface area contributed by atoms with Crippen molar-refractivity contribution in [2.75, 3.05) is 18.9 Å². The van der Waals surface area contributed by atoms with Gasteiger partial charge in [-0.05, 0) is 43.4 Å². The van der Waals surface area contributed by atoms with Crippen molar-refractivity contribution in [3.8, 4) is 0 Å². The van der Waals surface area contributed by atoms with Crippen LogP contribution in [0.3, 0.4) is 0 Å². The molecule has 0 saturated carbocycles. The van der Waals surface area contributed by atoms with Crippen LogP contribution in [-0.4, -0.2) is 19.5 Å². The van der Waals surface area contributed by atoms with E-state index in [1.165, 1.54) is 0 Å². The van der Waals surface area contributed by atoms with E-state index in [0.717, 1.165) is 30.6 Å². The van der Waals surface area contributed by atoms with Crippen LogP contribution in [0.1, 0.15) is 42.6 Å². The molecule has 0 heterocycles. The van der Waals surface area contributed by atoms with Crippen LogP contribution in [0, 0.1) is 12.8 Å². The summed E-state index contributed by atoms with van der Waals surface area (Å²) in [5.41, 5.74) is 2.75. The first-order valence-electron chi connectivity index (χ1n) is 6.61. The smallest absolute Gasteiger partial charge is 0.253 e. The number of benzene rings is 1. The minimum Gasteiger partial charge on any atom is -0.387 e. The van der Waals surface area contributed by atoms with E-state index >= 15 is 0 Å². The minimum atomic E-state index is 0.00288. The summed E-state index contributed by atoms with van der Waals surface area (Å²) in [6.07, 6.45) is 2.18. The van der Waals surface area contributed by atoms with E-state index in [1.54, 1.807) is 0 Å². The Balaban J connectivity index is 2.56. The Hall–Kier alpha value is -1.51. The lowest BCUT2D eigenvalue weighted by atomic mass is 10.1. The number of rotatable bonds is 6. The summed E-state index contributed by atoms with van der Waals surface area (Å²) < 4.78 is 0. The summed E-state index contributed by atoms with van der Waals surface area (Å²) in [6, 6.07) is 5.83. The maximum atomic E-state index is 12.0. The molecule has 100 valence electrons. The zero-order valence-electron chi connectivity index (χ0n) is 11.8. The Labute approximate surface area is 110 Å². The summed E-state index contributed by atoms with van der Waals surface area (Å²) in [5.74, 6) is 0.692. The van der Waals surface area contributed by atoms with E-state index in [0.29, 0.717) is 11.5 Å². The third kappa shape index (κ3) is 4.40. The van der Waals surface area contributed by atoms with Gasteiger partial charge in [0.05, 0.1) is 5.56 Å². The highest BCUT2D eigenvalue weighted by molar-refractivity contribution is 5.99. The molecule has 0 aliphatic rings. The number of amides is 1. The van der Waals surface area contributed by atoms with Crippen molar-refractivity contribution in [3.05, 3.63) is 29.3 Å². The number of carbonyl (C=O) groups excluding carboxylic acids is 1. The fourth-order valence-electron chi connectivity index (χ4n) is 1.87. The fourth-order valence-corrected chi connectivity index (χ4v) is 1.87. The summed E-state index contributed by atoms with van der Waals surface area (Å²) >= 11 is 0. The highest BCUT2D eigenvalue weighted by Gasteiger charge is 2.09. The van der Waals surface area contributed by atoms with E-state index in [4.69, 9.17) is 0 Å². The molecule has 0 radical (unpaired) electrons. The molecule has 0 saturated heterocycles. The predicted molar refractivity (Wildman–Crippen MR) is 77.1 cm³/mol. The van der Waals surface area contributed by atoms with E-state index in [9.17, 15) is 4.79 Å². The molecule has 0 fully saturated rings. The molecule has 1 aromatic rings. The zero-order valence-corrected chi connectivity index (χ0v) is 11.8. The number of hydrogen-bond donors (Lipinski definition) is 2. The summed E-state index contributed by atoms with van der Waals surface area (Å²) in [4.78, 5) is 12.0. The quantitative estimate of drug-likeness (QED) is 0.759. The molecule has 1 amide bonds. The van der Waals surface area contributed by atoms with E-state index < -0.39 is 0 Å². The molecule has 2 N–H and O–H groups in total. The number of nitrogens with one attached hydrogen (secondary N) is 2. The van der Waals surface area contributed by atoms with Crippen molar-refractivity contribution < 1.29 is 4.79 Å². The topological polar surface area (TPSA) is 41.1 Å². The summed E-state index contributed by atoms with van der Waals surface area (Å²) in [6.45, 7) is 7.15. The molecule has 18 heavy (non-hydrogen) atoms. The Bertz CT molecular complexity index is 399. The maximum Gasteiger partial charge on any atom is 0.253 e. The van der Waals surface area contributed by atoms with Crippen molar-refractivity contribution >= 4 is 11.6 Å². The van der Waals surface area contributed by atoms with Gasteiger partial charge in [-0.25, -0.2) is 0 Å². The average molecular weight is 248 g/mol. The molecule has 0 aliphatic carbocycles. The second-order valence-corrected chi connectivity index (χ2v) is 5.09. The van der Waals surface area contributed by atoms with Gasteiger partial charge in [0.25, 0.3) is 5.91 Å². The van der Waals surface area contributed by atoms with E-state index in [2.05, 4.69) is 24.5 Å². The van der Waals surface area contributed by atoms with Crippen LogP contribution in [0.15, 0.2) is 18.2 Å². The Kier molecular flexibility index (Phi) is 5.69. The number of anilines is 1. The third-order valence-corrected chi connectivity index (χ3v) is 2.93. The monoisotopic (exact) mass is 248 g/mol. The summed E-state index contributed by atoms with van der Waals surface area (Å²) in [5, 5.41) is 6.03. The molecule has 0 atom stereocenters. The van der Waals surface area contributed by atoms with Gasteiger partial charge in [-0.3, -0.25) is 4.79 Å². The van der Waals surface area contributed by atoms with Gasteiger partial charge in [-0.15, -0.1) is 0 Å². The second kappa shape index (κ2) is 7.04. The first-order valence-corrected chi connectivity index (χ1v) is 6.61. The van der Waals surface area contributed by atoms with Crippen molar-refractivity contribution in [1.29, 1.82) is 0 Å². The van der Waals surface area contributed by atoms with Crippen LogP contribution in [0.5, 0.6) is 0 Å². The first-order chi connectivity index (χ1) is 8.54. The number of hydrogen-bond acceptors (Lipinski definition) is 2. The van der Waals surface area contributed by atoms with Gasteiger partial charge in [-0.2, -0.15) is 0 Å². The molecular weight excluding hydrogens is 224 g/mol. The van der Waals surface area contributed by atoms with Crippen LogP contribution < -0.4 is 10.6 Å². The van der Waals surface area contributed by atoms with Crippen LogP contribution in [0.25, 0.3) is 0 Å². The molecule has 0 unspecified atom stereocenters. The fraction of sp³-hybridized carbons (Fsp3) is 0.533. The molecule has 0 spiro atoms. The Morgan fingerprint density at radius 1 is 1.33 bits per heavy atom. The molecular formula is C15H24N2O. The molecule has 1 aromatic carbocycles. The molecule has 3 heteroatoms. The zero-order chi connectivity index (χ0) is 13.5. The standard InChI is InChI=1S/C15H24N2O/c1-11(2)6-5-9-17-15(18)13-8-7-12(3)10-14(13)16-4/h7-8,10-11,16H,5-6,9H2,1-4H3,(H,17,18). The van der Waals surface area contributed by atoms with Gasteiger partial charge in [0.15, 0.2) is 0 Å². The lowest BCUT2D eigenvalue weighted by molar-refractivity contribution is 0.0953. The highest BCUT2D eigenvalue weighted by atomic mass is 16.1. The minimum absolute atomic E-state index is 0.00288. The van der Waals surface area contributed by atoms with Gasteiger partial charge in [0.2, 0.25) is 0 Å². The summed E-state index contributed by atoms with van der Waals surface area (Å²) in [7, 11) is 1.84. The van der Waals surface area contributed by atoms with E-state index in [1.807, 2.05) is 32.2 Å². The lowest BCUT2D eigenvalue weighted by Crippen LogP contribution is -2.25. The Morgan fingerprint density at radius 2 is 2.06 bits per heavy atom. The molecule has 0 aromatic heterocycles. The first kappa shape index (κ1) is 14.6. The van der Waals surface area contributed by atoms with Gasteiger partial charge in [-0.1, -0.05) is 19.9 Å². The maximum absolute atomic E-state index is 12.0. The van der Waals surface area contributed by atoms with Gasteiger partial charge >= 0.3 is 0 Å². The van der Waals surface area contributed by atoms with Gasteiger partial charge < -0.3 is 10.6 Å². The molecule has 1 rings (SSSR count). The largest absolute Gasteiger partial charge is 0.387 e. The lowest BCUT2D eigenvalue weighted by Gasteiger charge is -2.11. The molecule has 3 nitrogen and oxygen atoms in total. The van der Waals surface area contributed by atoms with Crippen molar-refractivity contribution in [2.45, 2.75) is 33.6 Å². The van der Waals surface area contributed by atoms with Crippen LogP contribution in [-0.2, 0) is 0 Å². The van der Waals surface area contributed by atoms with Crippen molar-refractivity contribution in [2.24, 2.45) is 5.92 Å². The highest BCUT2D eigenvalue weighted by Crippen LogP contribution is 2.16. The average Bonchev–Trinajstić information content (AvgIpc) is 2.33. The number of carbonyl (C=O) groups is 1. The Morgan fingerprint density at radius 3 is 2.67 bits per heavy atom. The normalized spacial score (nSPS) is 10.5. The third-order valence-electron chi connectivity index (χ3n) is 2.93.